The Hall–Kier alpha value is -3.26. The van der Waals surface area contributed by atoms with Gasteiger partial charge in [-0.1, -0.05) is 17.7 Å². The highest BCUT2D eigenvalue weighted by molar-refractivity contribution is 7.92. The number of hydrogen-bond acceptors (Lipinski definition) is 5. The molecule has 0 radical (unpaired) electrons. The Morgan fingerprint density at radius 2 is 1.77 bits per heavy atom. The Morgan fingerprint density at radius 3 is 2.39 bits per heavy atom. The Morgan fingerprint density at radius 1 is 1.06 bits per heavy atom. The van der Waals surface area contributed by atoms with Gasteiger partial charge in [-0.25, -0.2) is 8.42 Å². The molecule has 0 atom stereocenters. The van der Waals surface area contributed by atoms with Gasteiger partial charge >= 0.3 is 0 Å². The van der Waals surface area contributed by atoms with Crippen LogP contribution in [0.1, 0.15) is 17.7 Å². The van der Waals surface area contributed by atoms with Crippen molar-refractivity contribution in [1.82, 2.24) is 5.32 Å². The number of benzene rings is 2. The maximum Gasteiger partial charge on any atom is 0.264 e. The zero-order valence-electron chi connectivity index (χ0n) is 17.6. The van der Waals surface area contributed by atoms with E-state index >= 15 is 0 Å². The molecule has 1 heterocycles. The number of furan rings is 1. The summed E-state index contributed by atoms with van der Waals surface area (Å²) in [6.45, 7) is 2.01. The van der Waals surface area contributed by atoms with Crippen LogP contribution >= 0.6 is 0 Å². The summed E-state index contributed by atoms with van der Waals surface area (Å²) < 4.78 is 38.2. The van der Waals surface area contributed by atoms with E-state index in [1.165, 1.54) is 19.2 Å². The Labute approximate surface area is 182 Å². The first kappa shape index (κ1) is 22.4. The van der Waals surface area contributed by atoms with E-state index in [4.69, 9.17) is 9.15 Å². The van der Waals surface area contributed by atoms with Gasteiger partial charge in [0.15, 0.2) is 0 Å². The van der Waals surface area contributed by atoms with Gasteiger partial charge < -0.3 is 14.5 Å². The number of aryl methyl sites for hydroxylation is 2. The van der Waals surface area contributed by atoms with Crippen LogP contribution in [0.25, 0.3) is 0 Å². The van der Waals surface area contributed by atoms with Gasteiger partial charge in [0, 0.05) is 13.0 Å². The third-order valence-electron chi connectivity index (χ3n) is 4.76. The van der Waals surface area contributed by atoms with Gasteiger partial charge in [0.05, 0.1) is 24.0 Å². The lowest BCUT2D eigenvalue weighted by Gasteiger charge is -2.24. The minimum atomic E-state index is -3.95. The van der Waals surface area contributed by atoms with Crippen LogP contribution in [-0.4, -0.2) is 34.5 Å². The summed E-state index contributed by atoms with van der Waals surface area (Å²) in [5, 5.41) is 2.79. The zero-order chi connectivity index (χ0) is 22.3. The summed E-state index contributed by atoms with van der Waals surface area (Å²) in [5.74, 6) is 1.02. The number of anilines is 1. The molecule has 164 valence electrons. The third-order valence-corrected chi connectivity index (χ3v) is 6.55. The second-order valence-corrected chi connectivity index (χ2v) is 8.92. The maximum absolute atomic E-state index is 13.3. The number of carbonyl (C=O) groups is 1. The molecule has 0 saturated carbocycles. The van der Waals surface area contributed by atoms with Gasteiger partial charge in [0.25, 0.3) is 10.0 Å². The quantitative estimate of drug-likeness (QED) is 0.485. The largest absolute Gasteiger partial charge is 0.497 e. The predicted molar refractivity (Wildman–Crippen MR) is 119 cm³/mol. The summed E-state index contributed by atoms with van der Waals surface area (Å²) >= 11 is 0. The molecule has 0 bridgehead atoms. The van der Waals surface area contributed by atoms with Crippen LogP contribution in [0.3, 0.4) is 0 Å². The third kappa shape index (κ3) is 5.88. The van der Waals surface area contributed by atoms with Crippen molar-refractivity contribution >= 4 is 21.6 Å². The van der Waals surface area contributed by atoms with E-state index in [1.807, 2.05) is 31.2 Å². The molecule has 1 N–H and O–H groups in total. The van der Waals surface area contributed by atoms with Crippen LogP contribution in [0.15, 0.2) is 76.2 Å². The average Bonchev–Trinajstić information content (AvgIpc) is 3.29. The van der Waals surface area contributed by atoms with Crippen molar-refractivity contribution < 1.29 is 22.4 Å². The first-order valence-electron chi connectivity index (χ1n) is 9.92. The number of sulfonamides is 1. The molecule has 7 nitrogen and oxygen atoms in total. The van der Waals surface area contributed by atoms with Crippen molar-refractivity contribution in [3.8, 4) is 5.75 Å². The van der Waals surface area contributed by atoms with Crippen molar-refractivity contribution in [2.24, 2.45) is 0 Å². The van der Waals surface area contributed by atoms with Crippen molar-refractivity contribution in [3.63, 3.8) is 0 Å². The number of nitrogens with zero attached hydrogens (tertiary/aromatic N) is 1. The van der Waals surface area contributed by atoms with Crippen LogP contribution in [0.5, 0.6) is 5.75 Å². The van der Waals surface area contributed by atoms with Gasteiger partial charge in [-0.05, 0) is 61.9 Å². The fourth-order valence-electron chi connectivity index (χ4n) is 3.03. The molecule has 2 aromatic carbocycles. The summed E-state index contributed by atoms with van der Waals surface area (Å²) in [5.41, 5.74) is 1.42. The lowest BCUT2D eigenvalue weighted by atomic mass is 10.2. The molecule has 0 spiro atoms. The molecule has 0 fully saturated rings. The maximum atomic E-state index is 13.3. The predicted octanol–water partition coefficient (Wildman–Crippen LogP) is 3.54. The minimum Gasteiger partial charge on any atom is -0.497 e. The van der Waals surface area contributed by atoms with E-state index in [9.17, 15) is 13.2 Å². The van der Waals surface area contributed by atoms with E-state index in [0.717, 1.165) is 15.6 Å². The van der Waals surface area contributed by atoms with Crippen LogP contribution in [-0.2, 0) is 21.2 Å². The molecule has 31 heavy (non-hydrogen) atoms. The van der Waals surface area contributed by atoms with Gasteiger partial charge in [0.2, 0.25) is 5.91 Å². The monoisotopic (exact) mass is 442 g/mol. The van der Waals surface area contributed by atoms with E-state index in [0.29, 0.717) is 30.8 Å². The smallest absolute Gasteiger partial charge is 0.264 e. The molecular weight excluding hydrogens is 416 g/mol. The van der Waals surface area contributed by atoms with Crippen molar-refractivity contribution in [1.29, 1.82) is 0 Å². The number of carbonyl (C=O) groups excluding carboxylic acids is 1. The van der Waals surface area contributed by atoms with E-state index in [1.54, 1.807) is 30.5 Å². The molecule has 0 aliphatic carbocycles. The van der Waals surface area contributed by atoms with Gasteiger partial charge in [-0.2, -0.15) is 0 Å². The SMILES string of the molecule is COc1ccc(S(=O)(=O)N(CC(=O)NCCCc2ccco2)c2ccc(C)cc2)cc1. The minimum absolute atomic E-state index is 0.0829. The lowest BCUT2D eigenvalue weighted by molar-refractivity contribution is -0.119. The molecule has 3 aromatic rings. The van der Waals surface area contributed by atoms with Crippen molar-refractivity contribution in [3.05, 3.63) is 78.3 Å². The molecule has 0 unspecified atom stereocenters. The van der Waals surface area contributed by atoms with Gasteiger partial charge in [-0.3, -0.25) is 9.10 Å². The van der Waals surface area contributed by atoms with Crippen molar-refractivity contribution in [2.75, 3.05) is 24.5 Å². The summed E-state index contributed by atoms with van der Waals surface area (Å²) in [4.78, 5) is 12.7. The average molecular weight is 443 g/mol. The van der Waals surface area contributed by atoms with E-state index < -0.39 is 10.0 Å². The topological polar surface area (TPSA) is 88.9 Å². The van der Waals surface area contributed by atoms with Crippen LogP contribution in [0, 0.1) is 6.92 Å². The zero-order valence-corrected chi connectivity index (χ0v) is 18.4. The number of amides is 1. The Kier molecular flexibility index (Phi) is 7.36. The highest BCUT2D eigenvalue weighted by Crippen LogP contribution is 2.25. The highest BCUT2D eigenvalue weighted by atomic mass is 32.2. The molecule has 3 rings (SSSR count). The fourth-order valence-corrected chi connectivity index (χ4v) is 4.45. The van der Waals surface area contributed by atoms with Crippen LogP contribution in [0.2, 0.25) is 0 Å². The fraction of sp³-hybridized carbons (Fsp3) is 0.261. The second kappa shape index (κ2) is 10.2. The lowest BCUT2D eigenvalue weighted by Crippen LogP contribution is -2.41. The molecule has 0 aliphatic rings. The Balaban J connectivity index is 1.74. The number of rotatable bonds is 10. The number of nitrogens with one attached hydrogen (secondary N) is 1. The highest BCUT2D eigenvalue weighted by Gasteiger charge is 2.27. The van der Waals surface area contributed by atoms with E-state index in [-0.39, 0.29) is 17.3 Å². The first-order chi connectivity index (χ1) is 14.9. The standard InChI is InChI=1S/C23H26N2O5S/c1-18-7-9-19(10-8-18)25(31(27,28)22-13-11-20(29-2)12-14-22)17-23(26)24-15-3-5-21-6-4-16-30-21/h4,6-14,16H,3,5,15,17H2,1-2H3,(H,24,26). The summed E-state index contributed by atoms with van der Waals surface area (Å²) in [6.07, 6.45) is 2.99. The number of ether oxygens (including phenoxy) is 1. The molecule has 1 amide bonds. The first-order valence-corrected chi connectivity index (χ1v) is 11.4. The molecular formula is C23H26N2O5S. The molecule has 8 heteroatoms. The Bertz CT molecular complexity index is 1080. The van der Waals surface area contributed by atoms with Gasteiger partial charge in [-0.15, -0.1) is 0 Å². The number of hydrogen-bond donors (Lipinski definition) is 1. The molecule has 1 aromatic heterocycles. The normalized spacial score (nSPS) is 11.2. The van der Waals surface area contributed by atoms with Gasteiger partial charge in [0.1, 0.15) is 18.1 Å². The van der Waals surface area contributed by atoms with Crippen LogP contribution in [0.4, 0.5) is 5.69 Å². The van der Waals surface area contributed by atoms with Crippen molar-refractivity contribution in [2.45, 2.75) is 24.7 Å². The summed E-state index contributed by atoms with van der Waals surface area (Å²) in [7, 11) is -2.44. The van der Waals surface area contributed by atoms with Crippen LogP contribution < -0.4 is 14.4 Å². The molecule has 0 aliphatic heterocycles. The molecule has 0 saturated heterocycles. The van der Waals surface area contributed by atoms with E-state index in [2.05, 4.69) is 5.32 Å². The second-order valence-electron chi connectivity index (χ2n) is 7.06. The summed E-state index contributed by atoms with van der Waals surface area (Å²) in [6, 6.07) is 16.8. The number of methoxy groups -OCH3 is 1.